The van der Waals surface area contributed by atoms with Crippen molar-refractivity contribution >= 4 is 16.8 Å². The Hall–Kier alpha value is -2.95. The number of fused-ring (bicyclic) bond motifs is 1. The maximum absolute atomic E-state index is 12.2. The van der Waals surface area contributed by atoms with Gasteiger partial charge in [0.2, 0.25) is 0 Å². The normalized spacial score (nSPS) is 10.8. The Labute approximate surface area is 139 Å². The minimum atomic E-state index is -0.188. The molecule has 3 rings (SSSR count). The van der Waals surface area contributed by atoms with Gasteiger partial charge in [-0.05, 0) is 55.5 Å². The van der Waals surface area contributed by atoms with E-state index in [4.69, 9.17) is 0 Å². The van der Waals surface area contributed by atoms with Gasteiger partial charge in [-0.25, -0.2) is 0 Å². The molecule has 2 N–H and O–H groups in total. The molecule has 122 valence electrons. The molecule has 1 amide bonds. The number of carbonyl (C=O) groups excluding carboxylic acids is 1. The highest BCUT2D eigenvalue weighted by atomic mass is 16.1. The highest BCUT2D eigenvalue weighted by Crippen LogP contribution is 2.18. The van der Waals surface area contributed by atoms with Crippen LogP contribution in [0, 0.1) is 13.8 Å². The monoisotopic (exact) mass is 321 g/mol. The van der Waals surface area contributed by atoms with Crippen LogP contribution in [0.25, 0.3) is 10.9 Å². The van der Waals surface area contributed by atoms with Gasteiger partial charge in [0.1, 0.15) is 0 Å². The maximum Gasteiger partial charge on any atom is 0.252 e. The van der Waals surface area contributed by atoms with Gasteiger partial charge in [-0.15, -0.1) is 0 Å². The fraction of sp³-hybridized carbons (Fsp3) is 0.211. The van der Waals surface area contributed by atoms with E-state index in [1.807, 2.05) is 26.0 Å². The Kier molecular flexibility index (Phi) is 4.42. The molecular formula is C19H19N3O2. The van der Waals surface area contributed by atoms with E-state index in [0.29, 0.717) is 24.1 Å². The predicted molar refractivity (Wildman–Crippen MR) is 94.3 cm³/mol. The average Bonchev–Trinajstić information content (AvgIpc) is 2.57. The second-order valence-corrected chi connectivity index (χ2v) is 5.92. The molecule has 0 fully saturated rings. The largest absolute Gasteiger partial charge is 0.352 e. The first kappa shape index (κ1) is 15.9. The van der Waals surface area contributed by atoms with Crippen LogP contribution in [-0.2, 0) is 6.42 Å². The lowest BCUT2D eigenvalue weighted by molar-refractivity contribution is 0.0953. The van der Waals surface area contributed by atoms with Crippen LogP contribution < -0.4 is 10.9 Å². The number of aryl methyl sites for hydroxylation is 2. The number of aromatic amines is 1. The summed E-state index contributed by atoms with van der Waals surface area (Å²) in [7, 11) is 0. The Morgan fingerprint density at radius 2 is 2.08 bits per heavy atom. The molecule has 5 heteroatoms. The molecule has 1 aromatic carbocycles. The average molecular weight is 321 g/mol. The molecule has 0 aliphatic heterocycles. The van der Waals surface area contributed by atoms with Crippen molar-refractivity contribution in [2.24, 2.45) is 0 Å². The molecule has 0 aliphatic carbocycles. The van der Waals surface area contributed by atoms with Crippen molar-refractivity contribution in [3.8, 4) is 0 Å². The lowest BCUT2D eigenvalue weighted by Gasteiger charge is -2.08. The molecule has 0 unspecified atom stereocenters. The number of pyridine rings is 2. The van der Waals surface area contributed by atoms with E-state index in [0.717, 1.165) is 22.0 Å². The van der Waals surface area contributed by atoms with Gasteiger partial charge < -0.3 is 10.3 Å². The van der Waals surface area contributed by atoms with E-state index in [-0.39, 0.29) is 11.5 Å². The van der Waals surface area contributed by atoms with E-state index in [9.17, 15) is 9.59 Å². The molecule has 2 heterocycles. The van der Waals surface area contributed by atoms with Crippen molar-refractivity contribution in [1.29, 1.82) is 0 Å². The highest BCUT2D eigenvalue weighted by Gasteiger charge is 2.08. The second-order valence-electron chi connectivity index (χ2n) is 5.92. The number of amides is 1. The number of rotatable bonds is 4. The molecule has 2 aromatic heterocycles. The molecule has 0 saturated heterocycles. The molecule has 24 heavy (non-hydrogen) atoms. The quantitative estimate of drug-likeness (QED) is 0.775. The second kappa shape index (κ2) is 6.66. The fourth-order valence-electron chi connectivity index (χ4n) is 2.83. The smallest absolute Gasteiger partial charge is 0.252 e. The summed E-state index contributed by atoms with van der Waals surface area (Å²) < 4.78 is 0. The van der Waals surface area contributed by atoms with Gasteiger partial charge >= 0.3 is 0 Å². The van der Waals surface area contributed by atoms with Crippen LogP contribution in [0.15, 0.2) is 47.5 Å². The Morgan fingerprint density at radius 3 is 2.83 bits per heavy atom. The van der Waals surface area contributed by atoms with E-state index in [2.05, 4.69) is 21.4 Å². The number of nitrogens with zero attached hydrogens (tertiary/aromatic N) is 1. The molecule has 0 aliphatic rings. The first-order chi connectivity index (χ1) is 11.5. The number of nitrogens with one attached hydrogen (secondary N) is 2. The van der Waals surface area contributed by atoms with Crippen LogP contribution in [0.5, 0.6) is 0 Å². The molecule has 0 saturated carbocycles. The standard InChI is InChI=1S/C19H19N3O2/c1-12-8-13(2)17-16(9-12)10-14(19(24)22-17)5-7-21-18(23)15-4-3-6-20-11-15/h3-4,6,8-11H,5,7H2,1-2H3,(H,21,23)(H,22,24). The lowest BCUT2D eigenvalue weighted by atomic mass is 10.0. The number of carbonyl (C=O) groups is 1. The Balaban J connectivity index is 1.75. The highest BCUT2D eigenvalue weighted by molar-refractivity contribution is 5.93. The molecule has 3 aromatic rings. The van der Waals surface area contributed by atoms with Gasteiger partial charge in [0.25, 0.3) is 11.5 Å². The van der Waals surface area contributed by atoms with Crippen molar-refractivity contribution < 1.29 is 4.79 Å². The van der Waals surface area contributed by atoms with E-state index in [1.165, 1.54) is 6.20 Å². The molecule has 0 spiro atoms. The van der Waals surface area contributed by atoms with Gasteiger partial charge in [-0.3, -0.25) is 14.6 Å². The zero-order chi connectivity index (χ0) is 17.1. The third-order valence-electron chi connectivity index (χ3n) is 3.97. The maximum atomic E-state index is 12.2. The minimum absolute atomic E-state index is 0.106. The van der Waals surface area contributed by atoms with Gasteiger partial charge in [0.05, 0.1) is 11.1 Å². The van der Waals surface area contributed by atoms with Gasteiger partial charge in [0, 0.05) is 24.5 Å². The van der Waals surface area contributed by atoms with E-state index >= 15 is 0 Å². The minimum Gasteiger partial charge on any atom is -0.352 e. The fourth-order valence-corrected chi connectivity index (χ4v) is 2.83. The zero-order valence-electron chi connectivity index (χ0n) is 13.7. The van der Waals surface area contributed by atoms with Gasteiger partial charge in [0.15, 0.2) is 0 Å². The molecule has 0 bridgehead atoms. The van der Waals surface area contributed by atoms with Gasteiger partial charge in [-0.2, -0.15) is 0 Å². The van der Waals surface area contributed by atoms with Crippen LogP contribution in [0.2, 0.25) is 0 Å². The Morgan fingerprint density at radius 1 is 1.25 bits per heavy atom. The van der Waals surface area contributed by atoms with E-state index in [1.54, 1.807) is 18.3 Å². The summed E-state index contributed by atoms with van der Waals surface area (Å²) >= 11 is 0. The van der Waals surface area contributed by atoms with Crippen LogP contribution in [-0.4, -0.2) is 22.4 Å². The van der Waals surface area contributed by atoms with Crippen molar-refractivity contribution in [2.45, 2.75) is 20.3 Å². The Bertz CT molecular complexity index is 946. The third-order valence-corrected chi connectivity index (χ3v) is 3.97. The summed E-state index contributed by atoms with van der Waals surface area (Å²) in [6.45, 7) is 4.41. The molecule has 0 atom stereocenters. The zero-order valence-corrected chi connectivity index (χ0v) is 13.7. The summed E-state index contributed by atoms with van der Waals surface area (Å²) in [6, 6.07) is 9.43. The van der Waals surface area contributed by atoms with Crippen LogP contribution >= 0.6 is 0 Å². The first-order valence-electron chi connectivity index (χ1n) is 7.86. The molecule has 5 nitrogen and oxygen atoms in total. The number of hydrogen-bond donors (Lipinski definition) is 2. The predicted octanol–water partition coefficient (Wildman–Crippen LogP) is 2.51. The molecular weight excluding hydrogens is 302 g/mol. The number of hydrogen-bond acceptors (Lipinski definition) is 3. The van der Waals surface area contributed by atoms with Crippen LogP contribution in [0.1, 0.15) is 27.0 Å². The number of aromatic nitrogens is 2. The van der Waals surface area contributed by atoms with Gasteiger partial charge in [-0.1, -0.05) is 11.6 Å². The van der Waals surface area contributed by atoms with Crippen molar-refractivity contribution in [3.63, 3.8) is 0 Å². The third kappa shape index (κ3) is 3.35. The summed E-state index contributed by atoms with van der Waals surface area (Å²) in [5.41, 5.74) is 4.15. The first-order valence-corrected chi connectivity index (χ1v) is 7.86. The summed E-state index contributed by atoms with van der Waals surface area (Å²) in [4.78, 5) is 31.1. The SMILES string of the molecule is Cc1cc(C)c2[nH]c(=O)c(CCNC(=O)c3cccnc3)cc2c1. The number of benzene rings is 1. The van der Waals surface area contributed by atoms with Crippen molar-refractivity contribution in [1.82, 2.24) is 15.3 Å². The lowest BCUT2D eigenvalue weighted by Crippen LogP contribution is -2.27. The van der Waals surface area contributed by atoms with Crippen molar-refractivity contribution in [2.75, 3.05) is 6.54 Å². The van der Waals surface area contributed by atoms with E-state index < -0.39 is 0 Å². The molecule has 0 radical (unpaired) electrons. The number of H-pyrrole nitrogens is 1. The summed E-state index contributed by atoms with van der Waals surface area (Å²) in [5.74, 6) is -0.188. The van der Waals surface area contributed by atoms with Crippen LogP contribution in [0.4, 0.5) is 0 Å². The van der Waals surface area contributed by atoms with Crippen molar-refractivity contribution in [3.05, 3.63) is 75.3 Å². The summed E-state index contributed by atoms with van der Waals surface area (Å²) in [5, 5.41) is 3.83. The summed E-state index contributed by atoms with van der Waals surface area (Å²) in [6.07, 6.45) is 3.61. The van der Waals surface area contributed by atoms with Crippen LogP contribution in [0.3, 0.4) is 0 Å². The topological polar surface area (TPSA) is 74.8 Å².